The molecule has 1 saturated carbocycles. The van der Waals surface area contributed by atoms with Gasteiger partial charge in [-0.3, -0.25) is 14.2 Å². The maximum atomic E-state index is 12.5. The quantitative estimate of drug-likeness (QED) is 0.849. The first-order valence-corrected chi connectivity index (χ1v) is 7.81. The lowest BCUT2D eigenvalue weighted by atomic mass is 10.1. The molecule has 0 radical (unpaired) electrons. The van der Waals surface area contributed by atoms with Crippen molar-refractivity contribution in [2.45, 2.75) is 18.9 Å². The van der Waals surface area contributed by atoms with E-state index in [1.807, 2.05) is 0 Å². The molecule has 2 amide bonds. The van der Waals surface area contributed by atoms with E-state index >= 15 is 0 Å². The van der Waals surface area contributed by atoms with Gasteiger partial charge in [-0.1, -0.05) is 0 Å². The van der Waals surface area contributed by atoms with Crippen LogP contribution in [0.15, 0.2) is 23.0 Å². The number of aromatic nitrogens is 2. The van der Waals surface area contributed by atoms with Crippen molar-refractivity contribution in [3.63, 3.8) is 0 Å². The molecular weight excluding hydrogens is 296 g/mol. The van der Waals surface area contributed by atoms with Crippen LogP contribution in [0.2, 0.25) is 0 Å². The molecule has 7 nitrogen and oxygen atoms in total. The SMILES string of the molecule is Cn1c(=O)[nH]c2cc(C(=O)N3CC(NC(=O)C4CC4)C3)ccc21. The summed E-state index contributed by atoms with van der Waals surface area (Å²) in [6.07, 6.45) is 1.97. The third kappa shape index (κ3) is 2.42. The van der Waals surface area contributed by atoms with Gasteiger partial charge in [0.1, 0.15) is 0 Å². The number of nitrogens with zero attached hydrogens (tertiary/aromatic N) is 2. The highest BCUT2D eigenvalue weighted by molar-refractivity contribution is 5.98. The van der Waals surface area contributed by atoms with Crippen LogP contribution in [0.3, 0.4) is 0 Å². The Kier molecular flexibility index (Phi) is 3.04. The van der Waals surface area contributed by atoms with Gasteiger partial charge in [0, 0.05) is 31.6 Å². The van der Waals surface area contributed by atoms with Crippen LogP contribution in [0.4, 0.5) is 0 Å². The summed E-state index contributed by atoms with van der Waals surface area (Å²) in [5, 5.41) is 2.97. The van der Waals surface area contributed by atoms with E-state index in [1.165, 1.54) is 4.57 Å². The lowest BCUT2D eigenvalue weighted by molar-refractivity contribution is -0.123. The highest BCUT2D eigenvalue weighted by atomic mass is 16.2. The molecule has 1 saturated heterocycles. The van der Waals surface area contributed by atoms with Gasteiger partial charge in [-0.05, 0) is 31.0 Å². The van der Waals surface area contributed by atoms with Crippen LogP contribution in [0.5, 0.6) is 0 Å². The number of hydrogen-bond donors (Lipinski definition) is 2. The maximum absolute atomic E-state index is 12.5. The molecule has 1 aliphatic carbocycles. The lowest BCUT2D eigenvalue weighted by Crippen LogP contribution is -2.61. The number of benzene rings is 1. The number of rotatable bonds is 3. The summed E-state index contributed by atoms with van der Waals surface area (Å²) in [5.41, 5.74) is 1.77. The molecule has 2 aromatic rings. The first-order chi connectivity index (χ1) is 11.0. The normalized spacial score (nSPS) is 18.0. The number of imidazole rings is 1. The molecule has 2 aliphatic rings. The fourth-order valence-corrected chi connectivity index (χ4v) is 2.95. The molecule has 7 heteroatoms. The van der Waals surface area contributed by atoms with Crippen molar-refractivity contribution in [2.75, 3.05) is 13.1 Å². The Hall–Kier alpha value is -2.57. The topological polar surface area (TPSA) is 87.2 Å². The molecule has 1 aromatic heterocycles. The number of amides is 2. The van der Waals surface area contributed by atoms with Crippen molar-refractivity contribution in [1.29, 1.82) is 0 Å². The fourth-order valence-electron chi connectivity index (χ4n) is 2.95. The summed E-state index contributed by atoms with van der Waals surface area (Å²) in [6, 6.07) is 5.27. The van der Waals surface area contributed by atoms with Crippen molar-refractivity contribution < 1.29 is 9.59 Å². The number of carbonyl (C=O) groups excluding carboxylic acids is 2. The van der Waals surface area contributed by atoms with Crippen molar-refractivity contribution in [3.05, 3.63) is 34.2 Å². The van der Waals surface area contributed by atoms with Gasteiger partial charge in [-0.15, -0.1) is 0 Å². The van der Waals surface area contributed by atoms with Crippen LogP contribution in [-0.4, -0.2) is 45.4 Å². The van der Waals surface area contributed by atoms with E-state index in [2.05, 4.69) is 10.3 Å². The van der Waals surface area contributed by atoms with E-state index in [0.717, 1.165) is 18.4 Å². The Bertz CT molecular complexity index is 856. The van der Waals surface area contributed by atoms with E-state index in [1.54, 1.807) is 30.1 Å². The number of likely N-dealkylation sites (tertiary alicyclic amines) is 1. The molecule has 0 atom stereocenters. The third-order valence-electron chi connectivity index (χ3n) is 4.61. The second-order valence-corrected chi connectivity index (χ2v) is 6.41. The molecule has 4 rings (SSSR count). The van der Waals surface area contributed by atoms with Crippen LogP contribution in [0.25, 0.3) is 11.0 Å². The molecule has 2 N–H and O–H groups in total. The number of carbonyl (C=O) groups is 2. The van der Waals surface area contributed by atoms with Crippen LogP contribution in [-0.2, 0) is 11.8 Å². The van der Waals surface area contributed by atoms with Gasteiger partial charge in [0.25, 0.3) is 5.91 Å². The fraction of sp³-hybridized carbons (Fsp3) is 0.438. The summed E-state index contributed by atoms with van der Waals surface area (Å²) in [5.74, 6) is 0.232. The summed E-state index contributed by atoms with van der Waals surface area (Å²) in [4.78, 5) is 40.2. The van der Waals surface area contributed by atoms with Gasteiger partial charge in [-0.2, -0.15) is 0 Å². The number of H-pyrrole nitrogens is 1. The highest BCUT2D eigenvalue weighted by Crippen LogP contribution is 2.29. The zero-order valence-electron chi connectivity index (χ0n) is 12.8. The van der Waals surface area contributed by atoms with Gasteiger partial charge in [0.15, 0.2) is 0 Å². The monoisotopic (exact) mass is 314 g/mol. The van der Waals surface area contributed by atoms with Gasteiger partial charge < -0.3 is 15.2 Å². The maximum Gasteiger partial charge on any atom is 0.326 e. The standard InChI is InChI=1S/C16H18N4O3/c1-19-13-5-4-10(6-12(13)18-16(19)23)15(22)20-7-11(8-20)17-14(21)9-2-3-9/h4-6,9,11H,2-3,7-8H2,1H3,(H,17,21)(H,18,23). The largest absolute Gasteiger partial charge is 0.350 e. The van der Waals surface area contributed by atoms with Crippen LogP contribution < -0.4 is 11.0 Å². The second-order valence-electron chi connectivity index (χ2n) is 6.41. The van der Waals surface area contributed by atoms with Gasteiger partial charge in [-0.25, -0.2) is 4.79 Å². The molecule has 120 valence electrons. The Labute approximate surface area is 132 Å². The number of hydrogen-bond acceptors (Lipinski definition) is 3. The summed E-state index contributed by atoms with van der Waals surface area (Å²) >= 11 is 0. The molecule has 0 bridgehead atoms. The lowest BCUT2D eigenvalue weighted by Gasteiger charge is -2.39. The first-order valence-electron chi connectivity index (χ1n) is 7.81. The van der Waals surface area contributed by atoms with Crippen molar-refractivity contribution in [3.8, 4) is 0 Å². The third-order valence-corrected chi connectivity index (χ3v) is 4.61. The summed E-state index contributed by atoms with van der Waals surface area (Å²) in [7, 11) is 1.69. The number of nitrogens with one attached hydrogen (secondary N) is 2. The van der Waals surface area contributed by atoms with Gasteiger partial charge >= 0.3 is 5.69 Å². The minimum absolute atomic E-state index is 0.0623. The Morgan fingerprint density at radius 2 is 2.00 bits per heavy atom. The van der Waals surface area contributed by atoms with E-state index in [9.17, 15) is 14.4 Å². The van der Waals surface area contributed by atoms with Gasteiger partial charge in [0.05, 0.1) is 17.1 Å². The van der Waals surface area contributed by atoms with Crippen LogP contribution in [0.1, 0.15) is 23.2 Å². The van der Waals surface area contributed by atoms with Crippen LogP contribution >= 0.6 is 0 Å². The highest BCUT2D eigenvalue weighted by Gasteiger charge is 2.36. The smallest absolute Gasteiger partial charge is 0.326 e. The van der Waals surface area contributed by atoms with E-state index in [4.69, 9.17) is 0 Å². The summed E-state index contributed by atoms with van der Waals surface area (Å²) in [6.45, 7) is 1.08. The summed E-state index contributed by atoms with van der Waals surface area (Å²) < 4.78 is 1.51. The Balaban J connectivity index is 1.43. The molecule has 2 fully saturated rings. The molecule has 0 spiro atoms. The van der Waals surface area contributed by atoms with Crippen LogP contribution in [0, 0.1) is 5.92 Å². The number of aromatic amines is 1. The Morgan fingerprint density at radius 3 is 2.70 bits per heavy atom. The minimum atomic E-state index is -0.198. The molecule has 1 aliphatic heterocycles. The van der Waals surface area contributed by atoms with E-state index in [0.29, 0.717) is 24.2 Å². The predicted molar refractivity (Wildman–Crippen MR) is 84.1 cm³/mol. The predicted octanol–water partition coefficient (Wildman–Crippen LogP) is 0.217. The molecule has 0 unspecified atom stereocenters. The van der Waals surface area contributed by atoms with E-state index < -0.39 is 0 Å². The average molecular weight is 314 g/mol. The van der Waals surface area contributed by atoms with Crippen molar-refractivity contribution in [1.82, 2.24) is 19.8 Å². The molecule has 1 aromatic carbocycles. The number of fused-ring (bicyclic) bond motifs is 1. The van der Waals surface area contributed by atoms with Crippen molar-refractivity contribution in [2.24, 2.45) is 13.0 Å². The van der Waals surface area contributed by atoms with Crippen molar-refractivity contribution >= 4 is 22.8 Å². The molecule has 23 heavy (non-hydrogen) atoms. The minimum Gasteiger partial charge on any atom is -0.350 e. The Morgan fingerprint density at radius 1 is 1.26 bits per heavy atom. The number of aryl methyl sites for hydroxylation is 1. The average Bonchev–Trinajstić information content (AvgIpc) is 3.29. The van der Waals surface area contributed by atoms with Gasteiger partial charge in [0.2, 0.25) is 5.91 Å². The molecular formula is C16H18N4O3. The first kappa shape index (κ1) is 14.0. The van der Waals surface area contributed by atoms with E-state index in [-0.39, 0.29) is 29.5 Å². The molecule has 2 heterocycles. The zero-order valence-corrected chi connectivity index (χ0v) is 12.8. The second kappa shape index (κ2) is 4.97. The zero-order chi connectivity index (χ0) is 16.1.